The van der Waals surface area contributed by atoms with E-state index in [9.17, 15) is 14.7 Å². The molecule has 6 nitrogen and oxygen atoms in total. The van der Waals surface area contributed by atoms with Crippen molar-refractivity contribution in [2.45, 2.75) is 31.8 Å². The van der Waals surface area contributed by atoms with Gasteiger partial charge in [0, 0.05) is 31.4 Å². The molecule has 0 aliphatic carbocycles. The first-order valence-corrected chi connectivity index (χ1v) is 9.21. The Labute approximate surface area is 162 Å². The first kappa shape index (κ1) is 18.0. The van der Waals surface area contributed by atoms with Crippen LogP contribution in [0.4, 0.5) is 0 Å². The van der Waals surface area contributed by atoms with Gasteiger partial charge in [-0.3, -0.25) is 4.79 Å². The molecule has 0 fully saturated rings. The minimum absolute atomic E-state index is 0.153. The number of nitrogens with zero attached hydrogens (tertiary/aromatic N) is 2. The first-order valence-electron chi connectivity index (χ1n) is 9.21. The Hall–Kier alpha value is -3.41. The number of benzene rings is 2. The third-order valence-corrected chi connectivity index (χ3v) is 5.02. The number of aromatic nitrogens is 1. The fraction of sp³-hybridized carbons (Fsp3) is 0.227. The number of aliphatic carboxylic acids is 1. The van der Waals surface area contributed by atoms with Crippen LogP contribution in [0.5, 0.6) is 0 Å². The third kappa shape index (κ3) is 3.67. The average Bonchev–Trinajstić information content (AvgIpc) is 3.20. The van der Waals surface area contributed by atoms with Gasteiger partial charge in [0.1, 0.15) is 6.04 Å². The second kappa shape index (κ2) is 7.68. The Morgan fingerprint density at radius 2 is 1.79 bits per heavy atom. The largest absolute Gasteiger partial charge is 0.480 e. The zero-order valence-electron chi connectivity index (χ0n) is 15.2. The smallest absolute Gasteiger partial charge is 0.326 e. The van der Waals surface area contributed by atoms with E-state index in [0.29, 0.717) is 31.0 Å². The van der Waals surface area contributed by atoms with Crippen molar-refractivity contribution in [3.8, 4) is 11.3 Å². The summed E-state index contributed by atoms with van der Waals surface area (Å²) in [5, 5.41) is 9.57. The van der Waals surface area contributed by atoms with Gasteiger partial charge in [0.05, 0.1) is 6.20 Å². The molecule has 0 radical (unpaired) electrons. The number of hydrogen-bond acceptors (Lipinski definition) is 4. The Morgan fingerprint density at radius 3 is 2.54 bits per heavy atom. The summed E-state index contributed by atoms with van der Waals surface area (Å²) in [6.07, 6.45) is 2.46. The molecule has 2 aromatic carbocycles. The quantitative estimate of drug-likeness (QED) is 0.739. The van der Waals surface area contributed by atoms with E-state index >= 15 is 0 Å². The first-order chi connectivity index (χ1) is 13.6. The number of rotatable bonds is 5. The summed E-state index contributed by atoms with van der Waals surface area (Å²) in [7, 11) is 0. The fourth-order valence-electron chi connectivity index (χ4n) is 3.52. The topological polar surface area (TPSA) is 83.6 Å². The van der Waals surface area contributed by atoms with Gasteiger partial charge in [-0.25, -0.2) is 9.78 Å². The number of carbonyl (C=O) groups is 2. The lowest BCUT2D eigenvalue weighted by molar-refractivity contribution is -0.151. The predicted molar refractivity (Wildman–Crippen MR) is 102 cm³/mol. The van der Waals surface area contributed by atoms with Gasteiger partial charge in [0.25, 0.3) is 0 Å². The van der Waals surface area contributed by atoms with Crippen LogP contribution in [0, 0.1) is 0 Å². The fourth-order valence-corrected chi connectivity index (χ4v) is 3.52. The maximum atomic E-state index is 12.8. The second-order valence-corrected chi connectivity index (χ2v) is 6.83. The van der Waals surface area contributed by atoms with Crippen LogP contribution in [-0.2, 0) is 29.0 Å². The normalized spacial score (nSPS) is 15.9. The van der Waals surface area contributed by atoms with E-state index in [4.69, 9.17) is 4.42 Å². The Bertz CT molecular complexity index is 997. The van der Waals surface area contributed by atoms with Gasteiger partial charge < -0.3 is 14.4 Å². The molecular weight excluding hydrogens is 356 g/mol. The molecule has 6 heteroatoms. The van der Waals surface area contributed by atoms with Crippen LogP contribution in [0.15, 0.2) is 65.2 Å². The summed E-state index contributed by atoms with van der Waals surface area (Å²) in [6.45, 7) is 0.312. The summed E-state index contributed by atoms with van der Waals surface area (Å²) in [4.78, 5) is 30.2. The SMILES string of the molecule is O=C(O)[C@@H]1Cc2ccccc2CN1C(=O)CCc1ncc(-c2ccccc2)o1. The highest BCUT2D eigenvalue weighted by atomic mass is 16.4. The lowest BCUT2D eigenvalue weighted by atomic mass is 9.93. The van der Waals surface area contributed by atoms with Crippen molar-refractivity contribution in [1.82, 2.24) is 9.88 Å². The molecular formula is C22H20N2O4. The van der Waals surface area contributed by atoms with Crippen LogP contribution in [-0.4, -0.2) is 32.9 Å². The minimum Gasteiger partial charge on any atom is -0.480 e. The van der Waals surface area contributed by atoms with Gasteiger partial charge >= 0.3 is 5.97 Å². The molecule has 1 N–H and O–H groups in total. The summed E-state index contributed by atoms with van der Waals surface area (Å²) in [5.41, 5.74) is 2.90. The molecule has 0 saturated heterocycles. The zero-order valence-corrected chi connectivity index (χ0v) is 15.2. The van der Waals surface area contributed by atoms with E-state index in [-0.39, 0.29) is 12.3 Å². The van der Waals surface area contributed by atoms with E-state index in [1.54, 1.807) is 6.20 Å². The van der Waals surface area contributed by atoms with Crippen molar-refractivity contribution in [1.29, 1.82) is 0 Å². The number of carboxylic acid groups (broad SMARTS) is 1. The van der Waals surface area contributed by atoms with Crippen LogP contribution >= 0.6 is 0 Å². The van der Waals surface area contributed by atoms with Crippen LogP contribution in [0.2, 0.25) is 0 Å². The number of carboxylic acids is 1. The Kier molecular flexibility index (Phi) is 4.93. The molecule has 4 rings (SSSR count). The number of hydrogen-bond donors (Lipinski definition) is 1. The lowest BCUT2D eigenvalue weighted by Gasteiger charge is -2.34. The molecule has 0 unspecified atom stereocenters. The van der Waals surface area contributed by atoms with Gasteiger partial charge in [0.15, 0.2) is 11.7 Å². The maximum absolute atomic E-state index is 12.8. The lowest BCUT2D eigenvalue weighted by Crippen LogP contribution is -2.48. The number of aryl methyl sites for hydroxylation is 1. The minimum atomic E-state index is -0.981. The molecule has 0 saturated carbocycles. The molecule has 142 valence electrons. The summed E-state index contributed by atoms with van der Waals surface area (Å²) in [6, 6.07) is 16.4. The van der Waals surface area contributed by atoms with E-state index in [1.807, 2.05) is 54.6 Å². The highest BCUT2D eigenvalue weighted by Gasteiger charge is 2.34. The van der Waals surface area contributed by atoms with E-state index in [2.05, 4.69) is 4.98 Å². The number of fused-ring (bicyclic) bond motifs is 1. The van der Waals surface area contributed by atoms with Crippen molar-refractivity contribution in [2.24, 2.45) is 0 Å². The van der Waals surface area contributed by atoms with Crippen molar-refractivity contribution in [2.75, 3.05) is 0 Å². The average molecular weight is 376 g/mol. The molecule has 1 amide bonds. The van der Waals surface area contributed by atoms with E-state index in [1.165, 1.54) is 4.90 Å². The summed E-state index contributed by atoms with van der Waals surface area (Å²) in [5.74, 6) is -0.0680. The Balaban J connectivity index is 1.44. The van der Waals surface area contributed by atoms with E-state index in [0.717, 1.165) is 16.7 Å². The van der Waals surface area contributed by atoms with E-state index < -0.39 is 12.0 Å². The van der Waals surface area contributed by atoms with Crippen LogP contribution in [0.3, 0.4) is 0 Å². The molecule has 1 aliphatic heterocycles. The van der Waals surface area contributed by atoms with Gasteiger partial charge in [-0.2, -0.15) is 0 Å². The Morgan fingerprint density at radius 1 is 1.07 bits per heavy atom. The monoisotopic (exact) mass is 376 g/mol. The molecule has 0 bridgehead atoms. The summed E-state index contributed by atoms with van der Waals surface area (Å²) < 4.78 is 5.74. The molecule has 3 aromatic rings. The van der Waals surface area contributed by atoms with Gasteiger partial charge in [0.2, 0.25) is 5.91 Å². The predicted octanol–water partition coefficient (Wildman–Crippen LogP) is 3.31. The van der Waals surface area contributed by atoms with Crippen LogP contribution in [0.1, 0.15) is 23.4 Å². The van der Waals surface area contributed by atoms with Crippen LogP contribution < -0.4 is 0 Å². The molecule has 0 spiro atoms. The van der Waals surface area contributed by atoms with Crippen molar-refractivity contribution >= 4 is 11.9 Å². The number of amides is 1. The molecule has 1 aliphatic rings. The standard InChI is InChI=1S/C22H20N2O4/c25-21(11-10-20-23-13-19(28-20)15-6-2-1-3-7-15)24-14-17-9-5-4-8-16(17)12-18(24)22(26)27/h1-9,13,18H,10-12,14H2,(H,26,27)/t18-/m0/s1. The van der Waals surface area contributed by atoms with Crippen LogP contribution in [0.25, 0.3) is 11.3 Å². The second-order valence-electron chi connectivity index (χ2n) is 6.83. The highest BCUT2D eigenvalue weighted by molar-refractivity contribution is 5.84. The van der Waals surface area contributed by atoms with Crippen molar-refractivity contribution in [3.63, 3.8) is 0 Å². The number of carbonyl (C=O) groups excluding carboxylic acids is 1. The van der Waals surface area contributed by atoms with Crippen molar-refractivity contribution < 1.29 is 19.1 Å². The third-order valence-electron chi connectivity index (χ3n) is 5.02. The summed E-state index contributed by atoms with van der Waals surface area (Å²) >= 11 is 0. The number of oxazole rings is 1. The van der Waals surface area contributed by atoms with Crippen molar-refractivity contribution in [3.05, 3.63) is 77.8 Å². The zero-order chi connectivity index (χ0) is 19.5. The molecule has 2 heterocycles. The van der Waals surface area contributed by atoms with Gasteiger partial charge in [-0.1, -0.05) is 54.6 Å². The molecule has 1 atom stereocenters. The molecule has 1 aromatic heterocycles. The maximum Gasteiger partial charge on any atom is 0.326 e. The molecule has 28 heavy (non-hydrogen) atoms. The van der Waals surface area contributed by atoms with Gasteiger partial charge in [-0.15, -0.1) is 0 Å². The van der Waals surface area contributed by atoms with Gasteiger partial charge in [-0.05, 0) is 11.1 Å². The highest BCUT2D eigenvalue weighted by Crippen LogP contribution is 2.25.